The minimum atomic E-state index is -4.91. The van der Waals surface area contributed by atoms with Crippen molar-refractivity contribution in [3.8, 4) is 17.7 Å². The number of hydrogen-bond donors (Lipinski definition) is 0. The Morgan fingerprint density at radius 1 is 1.05 bits per heavy atom. The average molecular weight is 579 g/mol. The Hall–Kier alpha value is -4.22. The molecular weight excluding hydrogens is 558 g/mol. The first-order valence-corrected chi connectivity index (χ1v) is 15.0. The molecule has 2 aromatic heterocycles. The maximum atomic E-state index is 14.2. The normalized spacial score (nSPS) is 12.8. The van der Waals surface area contributed by atoms with E-state index in [1.807, 2.05) is 6.07 Å². The van der Waals surface area contributed by atoms with Crippen molar-refractivity contribution in [3.63, 3.8) is 0 Å². The van der Waals surface area contributed by atoms with E-state index >= 15 is 0 Å². The molecule has 208 valence electrons. The largest absolute Gasteiger partial charge is 0.438 e. The Bertz CT molecular complexity index is 1670. The second-order valence-corrected chi connectivity index (χ2v) is 14.1. The van der Waals surface area contributed by atoms with E-state index in [2.05, 4.69) is 9.97 Å². The van der Waals surface area contributed by atoms with E-state index in [4.69, 9.17) is 9.16 Å². The van der Waals surface area contributed by atoms with E-state index in [-0.39, 0.29) is 22.2 Å². The third-order valence-corrected chi connectivity index (χ3v) is 6.48. The lowest BCUT2D eigenvalue weighted by atomic mass is 10.1. The molecule has 1 atom stereocenters. The lowest BCUT2D eigenvalue weighted by molar-refractivity contribution is -0.139. The van der Waals surface area contributed by atoms with Gasteiger partial charge in [0.05, 0.1) is 29.8 Å². The summed E-state index contributed by atoms with van der Waals surface area (Å²) >= 11 is 0. The molecule has 1 unspecified atom stereocenters. The smallest absolute Gasteiger partial charge is 0.421 e. The summed E-state index contributed by atoms with van der Waals surface area (Å²) in [4.78, 5) is 19.9. The fourth-order valence-electron chi connectivity index (χ4n) is 3.80. The SMILES string of the molecule is C[Si](C)(C)OC(C#N)c1cnc(Oc2ccc3c(c2)c(=O)ncn3Cc2c(F)cc(F)cc2F)c(C(F)(F)F)c1. The summed E-state index contributed by atoms with van der Waals surface area (Å²) in [7, 11) is -2.29. The van der Waals surface area contributed by atoms with E-state index in [0.29, 0.717) is 12.1 Å². The van der Waals surface area contributed by atoms with Gasteiger partial charge in [0.1, 0.15) is 28.8 Å². The van der Waals surface area contributed by atoms with Gasteiger partial charge in [-0.05, 0) is 43.9 Å². The molecule has 0 aliphatic carbocycles. The van der Waals surface area contributed by atoms with Gasteiger partial charge in [0.2, 0.25) is 5.88 Å². The molecular formula is C26H20F6N4O3Si. The monoisotopic (exact) mass is 578 g/mol. The molecule has 0 N–H and O–H groups in total. The summed E-state index contributed by atoms with van der Waals surface area (Å²) < 4.78 is 95.7. The zero-order valence-corrected chi connectivity index (χ0v) is 22.2. The molecule has 0 spiro atoms. The average Bonchev–Trinajstić information content (AvgIpc) is 2.85. The Morgan fingerprint density at radius 3 is 2.33 bits per heavy atom. The molecule has 40 heavy (non-hydrogen) atoms. The van der Waals surface area contributed by atoms with Crippen molar-refractivity contribution in [2.45, 2.75) is 38.5 Å². The lowest BCUT2D eigenvalue weighted by Crippen LogP contribution is -2.27. The van der Waals surface area contributed by atoms with Crippen LogP contribution >= 0.6 is 0 Å². The van der Waals surface area contributed by atoms with Gasteiger partial charge in [-0.1, -0.05) is 0 Å². The van der Waals surface area contributed by atoms with Crippen molar-refractivity contribution in [2.75, 3.05) is 0 Å². The number of benzene rings is 2. The summed E-state index contributed by atoms with van der Waals surface area (Å²) in [6.45, 7) is 4.88. The Labute approximate surface area is 224 Å². The third-order valence-electron chi connectivity index (χ3n) is 5.54. The Morgan fingerprint density at radius 2 is 1.73 bits per heavy atom. The molecule has 0 aliphatic rings. The molecule has 0 saturated carbocycles. The maximum absolute atomic E-state index is 14.2. The Balaban J connectivity index is 1.72. The molecule has 0 saturated heterocycles. The van der Waals surface area contributed by atoms with Crippen molar-refractivity contribution < 1.29 is 35.5 Å². The van der Waals surface area contributed by atoms with Crippen molar-refractivity contribution in [3.05, 3.63) is 93.4 Å². The van der Waals surface area contributed by atoms with E-state index in [0.717, 1.165) is 24.7 Å². The molecule has 0 fully saturated rings. The number of nitrogens with zero attached hydrogens (tertiary/aromatic N) is 4. The number of hydrogen-bond acceptors (Lipinski definition) is 6. The molecule has 0 radical (unpaired) electrons. The van der Waals surface area contributed by atoms with E-state index in [9.17, 15) is 36.4 Å². The highest BCUT2D eigenvalue weighted by molar-refractivity contribution is 6.69. The van der Waals surface area contributed by atoms with Crippen LogP contribution in [0.2, 0.25) is 19.6 Å². The zero-order chi connectivity index (χ0) is 29.4. The van der Waals surface area contributed by atoms with Gasteiger partial charge in [-0.15, -0.1) is 0 Å². The van der Waals surface area contributed by atoms with Gasteiger partial charge in [-0.2, -0.15) is 23.4 Å². The number of fused-ring (bicyclic) bond motifs is 1. The summed E-state index contributed by atoms with van der Waals surface area (Å²) in [6.07, 6.45) is -4.11. The lowest BCUT2D eigenvalue weighted by Gasteiger charge is -2.22. The number of pyridine rings is 1. The highest BCUT2D eigenvalue weighted by atomic mass is 28.4. The van der Waals surface area contributed by atoms with Crippen LogP contribution in [0.1, 0.15) is 22.8 Å². The van der Waals surface area contributed by atoms with Crippen LogP contribution in [0.3, 0.4) is 0 Å². The van der Waals surface area contributed by atoms with Crippen LogP contribution in [0, 0.1) is 28.8 Å². The second kappa shape index (κ2) is 10.7. The zero-order valence-electron chi connectivity index (χ0n) is 21.2. The number of alkyl halides is 3. The number of nitriles is 1. The predicted octanol–water partition coefficient (Wildman–Crippen LogP) is 6.48. The first-order chi connectivity index (χ1) is 18.7. The van der Waals surface area contributed by atoms with Gasteiger partial charge in [0.15, 0.2) is 14.4 Å². The molecule has 14 heteroatoms. The first kappa shape index (κ1) is 28.8. The van der Waals surface area contributed by atoms with Crippen LogP contribution in [-0.4, -0.2) is 22.9 Å². The molecule has 2 heterocycles. The fraction of sp³-hybridized carbons (Fsp3) is 0.231. The molecule has 2 aromatic carbocycles. The fourth-order valence-corrected chi connectivity index (χ4v) is 4.70. The van der Waals surface area contributed by atoms with Gasteiger partial charge < -0.3 is 13.7 Å². The maximum Gasteiger partial charge on any atom is 0.421 e. The van der Waals surface area contributed by atoms with E-state index in [1.165, 1.54) is 16.7 Å². The van der Waals surface area contributed by atoms with Gasteiger partial charge in [0.25, 0.3) is 5.56 Å². The minimum absolute atomic E-state index is 0.101. The quantitative estimate of drug-likeness (QED) is 0.184. The first-order valence-electron chi connectivity index (χ1n) is 11.6. The standard InChI is InChI=1S/C26H20F6N4O3Si/c1-40(2,3)39-23(10-33)14-6-19(26(30,31)32)25(34-11-14)38-16-4-5-22-17(9-16)24(37)35-13-36(22)12-18-20(28)7-15(27)8-21(18)29/h4-9,11,13,23H,12H2,1-3H3. The molecule has 0 amide bonds. The van der Waals surface area contributed by atoms with Crippen LogP contribution in [0.5, 0.6) is 11.6 Å². The van der Waals surface area contributed by atoms with Crippen LogP contribution in [0.4, 0.5) is 26.3 Å². The molecule has 7 nitrogen and oxygen atoms in total. The molecule has 4 rings (SSSR count). The van der Waals surface area contributed by atoms with Crippen LogP contribution in [-0.2, 0) is 17.1 Å². The van der Waals surface area contributed by atoms with Gasteiger partial charge in [-0.3, -0.25) is 4.79 Å². The summed E-state index contributed by atoms with van der Waals surface area (Å²) in [5.74, 6) is -4.43. The topological polar surface area (TPSA) is 90.0 Å². The van der Waals surface area contributed by atoms with Crippen LogP contribution in [0.15, 0.2) is 53.7 Å². The van der Waals surface area contributed by atoms with E-state index < -0.39 is 67.2 Å². The molecule has 4 aromatic rings. The van der Waals surface area contributed by atoms with E-state index in [1.54, 1.807) is 19.6 Å². The molecule has 0 bridgehead atoms. The summed E-state index contributed by atoms with van der Waals surface area (Å²) in [5.41, 5.74) is -2.50. The second-order valence-electron chi connectivity index (χ2n) is 9.67. The van der Waals surface area contributed by atoms with Crippen LogP contribution < -0.4 is 10.3 Å². The van der Waals surface area contributed by atoms with Crippen molar-refractivity contribution >= 4 is 19.2 Å². The highest BCUT2D eigenvalue weighted by Gasteiger charge is 2.37. The summed E-state index contributed by atoms with van der Waals surface area (Å²) in [5, 5.41) is 9.31. The van der Waals surface area contributed by atoms with Crippen molar-refractivity contribution in [1.82, 2.24) is 14.5 Å². The number of rotatable bonds is 7. The van der Waals surface area contributed by atoms with Gasteiger partial charge in [0, 0.05) is 29.5 Å². The van der Waals surface area contributed by atoms with Gasteiger partial charge in [-0.25, -0.2) is 18.2 Å². The Kier molecular flexibility index (Phi) is 7.73. The highest BCUT2D eigenvalue weighted by Crippen LogP contribution is 2.39. The number of aromatic nitrogens is 3. The number of halogens is 6. The number of ether oxygens (including phenoxy) is 1. The van der Waals surface area contributed by atoms with Crippen molar-refractivity contribution in [2.24, 2.45) is 0 Å². The predicted molar refractivity (Wildman–Crippen MR) is 134 cm³/mol. The minimum Gasteiger partial charge on any atom is -0.438 e. The third kappa shape index (κ3) is 6.32. The van der Waals surface area contributed by atoms with Gasteiger partial charge >= 0.3 is 6.18 Å². The van der Waals surface area contributed by atoms with Crippen molar-refractivity contribution in [1.29, 1.82) is 5.26 Å². The summed E-state index contributed by atoms with van der Waals surface area (Å²) in [6, 6.07) is 7.21. The van der Waals surface area contributed by atoms with Crippen LogP contribution in [0.25, 0.3) is 10.9 Å². The molecule has 0 aliphatic heterocycles.